The van der Waals surface area contributed by atoms with Gasteiger partial charge < -0.3 is 35.4 Å². The molecule has 0 saturated carbocycles. The number of alkyl halides is 3. The summed E-state index contributed by atoms with van der Waals surface area (Å²) in [5, 5.41) is 6.93. The van der Waals surface area contributed by atoms with E-state index in [-0.39, 0.29) is 28.5 Å². The molecule has 0 aliphatic carbocycles. The third-order valence-electron chi connectivity index (χ3n) is 8.97. The van der Waals surface area contributed by atoms with Crippen LogP contribution < -0.4 is 11.1 Å². The fraction of sp³-hybridized carbons (Fsp3) is 0.567. The zero-order valence-electron chi connectivity index (χ0n) is 25.2. The van der Waals surface area contributed by atoms with E-state index in [2.05, 4.69) is 26.1 Å². The second-order valence-electron chi connectivity index (χ2n) is 12.0. The number of likely N-dealkylation sites (tertiary alicyclic amines) is 2. The van der Waals surface area contributed by atoms with Crippen LogP contribution in [0.1, 0.15) is 42.4 Å². The van der Waals surface area contributed by atoms with Gasteiger partial charge >= 0.3 is 18.3 Å². The van der Waals surface area contributed by atoms with Crippen LogP contribution in [0.2, 0.25) is 0 Å². The number of nitrogens with zero attached hydrogens (tertiary/aromatic N) is 4. The molecule has 246 valence electrons. The molecule has 45 heavy (non-hydrogen) atoms. The van der Waals surface area contributed by atoms with Crippen molar-refractivity contribution >= 4 is 56.7 Å². The quantitative estimate of drug-likeness (QED) is 0.395. The number of nitrogen functional groups attached to an aromatic ring is 1. The standard InChI is InChI=1S/C30H38BrF3N6O4S/c1-37(2)20-4-8-38(9-5-20)27(41)25(15-18-13-22(30(32,33)34)26(35)23(31)14-18)44-29(43)39-10-6-21(7-11-39)40-12-3-19-16-45-17-24(19)36-28(40)42/h13-14,16-17,20-21,25H,3-12,15,35H2,1-2H3,(H,36,42)/t25-/m1/s1. The molecule has 1 aromatic carbocycles. The first-order valence-corrected chi connectivity index (χ1v) is 16.7. The van der Waals surface area contributed by atoms with Gasteiger partial charge in [0.25, 0.3) is 5.91 Å². The van der Waals surface area contributed by atoms with Crippen LogP contribution in [-0.2, 0) is 28.5 Å². The highest BCUT2D eigenvalue weighted by atomic mass is 79.9. The van der Waals surface area contributed by atoms with Crippen LogP contribution in [0.15, 0.2) is 27.4 Å². The average molecular weight is 716 g/mol. The van der Waals surface area contributed by atoms with E-state index in [0.29, 0.717) is 51.6 Å². The fourth-order valence-corrected chi connectivity index (χ4v) is 7.62. The first-order valence-electron chi connectivity index (χ1n) is 15.0. The molecular formula is C30H38BrF3N6O4S. The molecule has 3 aliphatic rings. The van der Waals surface area contributed by atoms with E-state index in [4.69, 9.17) is 10.5 Å². The van der Waals surface area contributed by atoms with Crippen LogP contribution in [0.5, 0.6) is 0 Å². The molecule has 15 heteroatoms. The number of ether oxygens (including phenoxy) is 1. The lowest BCUT2D eigenvalue weighted by molar-refractivity contribution is -0.142. The minimum Gasteiger partial charge on any atom is -0.436 e. The van der Waals surface area contributed by atoms with Crippen LogP contribution >= 0.6 is 27.3 Å². The molecule has 3 N–H and O–H groups in total. The van der Waals surface area contributed by atoms with E-state index in [0.717, 1.165) is 36.6 Å². The smallest absolute Gasteiger partial charge is 0.418 e. The Morgan fingerprint density at radius 3 is 2.40 bits per heavy atom. The van der Waals surface area contributed by atoms with Crippen molar-refractivity contribution in [3.63, 3.8) is 0 Å². The molecule has 0 radical (unpaired) electrons. The number of hydrogen-bond donors (Lipinski definition) is 2. The van der Waals surface area contributed by atoms with Gasteiger partial charge in [0.05, 0.1) is 16.9 Å². The monoisotopic (exact) mass is 714 g/mol. The summed E-state index contributed by atoms with van der Waals surface area (Å²) >= 11 is 4.66. The van der Waals surface area contributed by atoms with Crippen molar-refractivity contribution in [2.24, 2.45) is 0 Å². The Morgan fingerprint density at radius 2 is 1.76 bits per heavy atom. The molecule has 0 bridgehead atoms. The summed E-state index contributed by atoms with van der Waals surface area (Å²) in [6.45, 7) is 2.10. The van der Waals surface area contributed by atoms with Gasteiger partial charge in [-0.1, -0.05) is 0 Å². The zero-order chi connectivity index (χ0) is 32.5. The van der Waals surface area contributed by atoms with Gasteiger partial charge in [0.2, 0.25) is 0 Å². The predicted octanol–water partition coefficient (Wildman–Crippen LogP) is 5.27. The number of carbonyl (C=O) groups is 3. The van der Waals surface area contributed by atoms with Gasteiger partial charge in [0.1, 0.15) is 0 Å². The van der Waals surface area contributed by atoms with Gasteiger partial charge in [0, 0.05) is 61.1 Å². The third-order valence-corrected chi connectivity index (χ3v) is 10.4. The molecule has 4 amide bonds. The number of thiophene rings is 1. The lowest BCUT2D eigenvalue weighted by Gasteiger charge is -2.39. The number of fused-ring (bicyclic) bond motifs is 1. The number of nitrogens with one attached hydrogen (secondary N) is 1. The zero-order valence-corrected chi connectivity index (χ0v) is 27.6. The van der Waals surface area contributed by atoms with Crippen LogP contribution in [-0.4, -0.2) is 103 Å². The maximum Gasteiger partial charge on any atom is 0.418 e. The summed E-state index contributed by atoms with van der Waals surface area (Å²) in [7, 11) is 3.96. The van der Waals surface area contributed by atoms with Crippen molar-refractivity contribution in [2.75, 3.05) is 57.9 Å². The van der Waals surface area contributed by atoms with E-state index in [9.17, 15) is 27.6 Å². The average Bonchev–Trinajstić information content (AvgIpc) is 3.37. The number of nitrogens with two attached hydrogens (primary N) is 1. The molecule has 2 aromatic rings. The molecule has 2 saturated heterocycles. The minimum absolute atomic E-state index is 0.0474. The molecule has 1 aromatic heterocycles. The van der Waals surface area contributed by atoms with Crippen LogP contribution in [0.3, 0.4) is 0 Å². The number of piperidine rings is 2. The van der Waals surface area contributed by atoms with Gasteiger partial charge in [-0.05, 0) is 90.8 Å². The predicted molar refractivity (Wildman–Crippen MR) is 169 cm³/mol. The number of amides is 4. The lowest BCUT2D eigenvalue weighted by Crippen LogP contribution is -2.52. The number of urea groups is 1. The highest BCUT2D eigenvalue weighted by Crippen LogP contribution is 2.38. The minimum atomic E-state index is -4.70. The van der Waals surface area contributed by atoms with Crippen molar-refractivity contribution in [3.05, 3.63) is 44.1 Å². The van der Waals surface area contributed by atoms with Gasteiger partial charge in [0.15, 0.2) is 6.10 Å². The Morgan fingerprint density at radius 1 is 1.09 bits per heavy atom. The normalized spacial score (nSPS) is 19.3. The summed E-state index contributed by atoms with van der Waals surface area (Å²) < 4.78 is 47.0. The Kier molecular flexibility index (Phi) is 10.2. The number of benzene rings is 1. The second-order valence-corrected chi connectivity index (χ2v) is 13.6. The molecule has 5 rings (SSSR count). The number of carbonyl (C=O) groups excluding carboxylic acids is 3. The van der Waals surface area contributed by atoms with Crippen molar-refractivity contribution < 1.29 is 32.3 Å². The van der Waals surface area contributed by atoms with Gasteiger partial charge in [-0.15, -0.1) is 11.3 Å². The SMILES string of the molecule is CN(C)C1CCN(C(=O)[C@@H](Cc2cc(Br)c(N)c(C(F)(F)F)c2)OC(=O)N2CCC(N3CCc4cscc4NC3=O)CC2)CC1. The van der Waals surface area contributed by atoms with E-state index in [1.165, 1.54) is 11.0 Å². The number of anilines is 2. The molecule has 2 fully saturated rings. The Balaban J connectivity index is 1.27. The number of halogens is 4. The van der Waals surface area contributed by atoms with E-state index in [1.807, 2.05) is 29.8 Å². The molecule has 10 nitrogen and oxygen atoms in total. The largest absolute Gasteiger partial charge is 0.436 e. The summed E-state index contributed by atoms with van der Waals surface area (Å²) in [5.41, 5.74) is 6.33. The van der Waals surface area contributed by atoms with Crippen molar-refractivity contribution in [2.45, 2.75) is 62.9 Å². The molecule has 1 atom stereocenters. The molecule has 0 unspecified atom stereocenters. The summed E-state index contributed by atoms with van der Waals surface area (Å²) in [5.74, 6) is -0.439. The fourth-order valence-electron chi connectivity index (χ4n) is 6.29. The van der Waals surface area contributed by atoms with Crippen molar-refractivity contribution in [1.82, 2.24) is 19.6 Å². The molecule has 0 spiro atoms. The Hall–Kier alpha value is -3.04. The van der Waals surface area contributed by atoms with E-state index in [1.54, 1.807) is 16.2 Å². The first kappa shape index (κ1) is 33.3. The maximum absolute atomic E-state index is 13.7. The number of rotatable bonds is 6. The van der Waals surface area contributed by atoms with Crippen molar-refractivity contribution in [1.29, 1.82) is 0 Å². The van der Waals surface area contributed by atoms with E-state index < -0.39 is 35.5 Å². The summed E-state index contributed by atoms with van der Waals surface area (Å²) in [4.78, 5) is 47.1. The topological polar surface area (TPSA) is 111 Å². The molecule has 4 heterocycles. The van der Waals surface area contributed by atoms with Crippen molar-refractivity contribution in [3.8, 4) is 0 Å². The highest BCUT2D eigenvalue weighted by Gasteiger charge is 2.38. The lowest BCUT2D eigenvalue weighted by atomic mass is 10.00. The Bertz CT molecular complexity index is 1410. The summed E-state index contributed by atoms with van der Waals surface area (Å²) in [6, 6.07) is 2.41. The van der Waals surface area contributed by atoms with Gasteiger partial charge in [-0.2, -0.15) is 13.2 Å². The van der Waals surface area contributed by atoms with Gasteiger partial charge in [-0.25, -0.2) is 9.59 Å². The Labute approximate surface area is 272 Å². The third kappa shape index (κ3) is 7.68. The van der Waals surface area contributed by atoms with Gasteiger partial charge in [-0.3, -0.25) is 4.79 Å². The first-order chi connectivity index (χ1) is 21.3. The highest BCUT2D eigenvalue weighted by molar-refractivity contribution is 9.10. The summed E-state index contributed by atoms with van der Waals surface area (Å²) in [6.07, 6.45) is -3.70. The van der Waals surface area contributed by atoms with Crippen LogP contribution in [0, 0.1) is 0 Å². The maximum atomic E-state index is 13.7. The van der Waals surface area contributed by atoms with E-state index >= 15 is 0 Å². The van der Waals surface area contributed by atoms with Crippen LogP contribution in [0.25, 0.3) is 0 Å². The van der Waals surface area contributed by atoms with Crippen LogP contribution in [0.4, 0.5) is 34.1 Å². The number of hydrogen-bond acceptors (Lipinski definition) is 7. The second kappa shape index (κ2) is 13.8. The molecule has 3 aliphatic heterocycles. The molecular weight excluding hydrogens is 677 g/mol.